The summed E-state index contributed by atoms with van der Waals surface area (Å²) in [5.74, 6) is -0.386. The monoisotopic (exact) mass is 407 g/mol. The molecule has 0 aliphatic carbocycles. The van der Waals surface area contributed by atoms with Crippen LogP contribution in [-0.4, -0.2) is 42.9 Å². The van der Waals surface area contributed by atoms with Crippen LogP contribution < -0.4 is 0 Å². The minimum atomic E-state index is -0.441. The molecule has 20 heavy (non-hydrogen) atoms. The fourth-order valence-electron chi connectivity index (χ4n) is 2.67. The first-order chi connectivity index (χ1) is 9.60. The summed E-state index contributed by atoms with van der Waals surface area (Å²) in [5, 5.41) is 0.649. The highest BCUT2D eigenvalue weighted by Gasteiger charge is 2.40. The summed E-state index contributed by atoms with van der Waals surface area (Å²) < 4.78 is 12.2. The van der Waals surface area contributed by atoms with E-state index < -0.39 is 5.79 Å². The molecule has 2 fully saturated rings. The van der Waals surface area contributed by atoms with E-state index in [1.165, 1.54) is 0 Å². The number of likely N-dealkylation sites (tertiary alicyclic amines) is 1. The molecule has 0 atom stereocenters. The highest BCUT2D eigenvalue weighted by Crippen LogP contribution is 2.32. The maximum absolute atomic E-state index is 12.5. The van der Waals surface area contributed by atoms with Gasteiger partial charge in [0, 0.05) is 34.5 Å². The molecule has 2 heterocycles. The molecule has 0 aromatic heterocycles. The van der Waals surface area contributed by atoms with Crippen molar-refractivity contribution in [1.29, 1.82) is 0 Å². The minimum absolute atomic E-state index is 0.0545. The molecule has 0 radical (unpaired) electrons. The molecular weight excluding hydrogens is 393 g/mol. The molecule has 0 saturated carbocycles. The van der Waals surface area contributed by atoms with Gasteiger partial charge in [-0.25, -0.2) is 0 Å². The molecule has 6 heteroatoms. The Morgan fingerprint density at radius 2 is 1.90 bits per heavy atom. The predicted octanol–water partition coefficient (Wildman–Crippen LogP) is 2.92. The Morgan fingerprint density at radius 3 is 2.50 bits per heavy atom. The maximum atomic E-state index is 12.5. The fraction of sp³-hybridized carbons (Fsp3) is 0.500. The third-order valence-corrected chi connectivity index (χ3v) is 4.92. The molecule has 108 valence electrons. The van der Waals surface area contributed by atoms with Crippen LogP contribution in [0.2, 0.25) is 5.02 Å². The number of benzene rings is 1. The van der Waals surface area contributed by atoms with Gasteiger partial charge in [-0.3, -0.25) is 4.79 Å². The van der Waals surface area contributed by atoms with E-state index in [9.17, 15) is 4.79 Å². The summed E-state index contributed by atoms with van der Waals surface area (Å²) in [6, 6.07) is 5.36. The summed E-state index contributed by atoms with van der Waals surface area (Å²) >= 11 is 8.07. The second-order valence-electron chi connectivity index (χ2n) is 5.02. The van der Waals surface area contributed by atoms with Gasteiger partial charge in [0.25, 0.3) is 5.91 Å². The Kier molecular flexibility index (Phi) is 4.21. The smallest absolute Gasteiger partial charge is 0.254 e. The molecular formula is C14H15ClINO3. The van der Waals surface area contributed by atoms with Crippen molar-refractivity contribution in [1.82, 2.24) is 4.90 Å². The summed E-state index contributed by atoms with van der Waals surface area (Å²) in [5.41, 5.74) is 0.708. The molecule has 0 N–H and O–H groups in total. The van der Waals surface area contributed by atoms with Gasteiger partial charge in [-0.2, -0.15) is 0 Å². The Morgan fingerprint density at radius 1 is 1.25 bits per heavy atom. The van der Waals surface area contributed by atoms with Crippen molar-refractivity contribution >= 4 is 40.1 Å². The van der Waals surface area contributed by atoms with Gasteiger partial charge in [0.15, 0.2) is 5.79 Å². The van der Waals surface area contributed by atoms with Crippen LogP contribution in [0, 0.1) is 3.57 Å². The highest BCUT2D eigenvalue weighted by molar-refractivity contribution is 14.1. The van der Waals surface area contributed by atoms with E-state index in [1.807, 2.05) is 11.0 Å². The topological polar surface area (TPSA) is 38.8 Å². The molecule has 2 aliphatic heterocycles. The molecule has 4 nitrogen and oxygen atoms in total. The lowest BCUT2D eigenvalue weighted by molar-refractivity contribution is -0.181. The molecule has 0 bridgehead atoms. The number of hydrogen-bond acceptors (Lipinski definition) is 3. The van der Waals surface area contributed by atoms with Gasteiger partial charge in [-0.1, -0.05) is 11.6 Å². The number of rotatable bonds is 1. The Labute approximate surface area is 136 Å². The lowest BCUT2D eigenvalue weighted by atomic mass is 10.0. The number of ether oxygens (including phenoxy) is 2. The number of nitrogens with zero attached hydrogens (tertiary/aromatic N) is 1. The Balaban J connectivity index is 1.69. The molecule has 1 aromatic rings. The third kappa shape index (κ3) is 2.81. The number of amides is 1. The minimum Gasteiger partial charge on any atom is -0.347 e. The number of halogens is 2. The van der Waals surface area contributed by atoms with Gasteiger partial charge in [0.1, 0.15) is 0 Å². The van der Waals surface area contributed by atoms with Crippen LogP contribution in [0.3, 0.4) is 0 Å². The van der Waals surface area contributed by atoms with Crippen LogP contribution in [0.25, 0.3) is 0 Å². The van der Waals surface area contributed by atoms with E-state index in [4.69, 9.17) is 21.1 Å². The highest BCUT2D eigenvalue weighted by atomic mass is 127. The van der Waals surface area contributed by atoms with E-state index >= 15 is 0 Å². The maximum Gasteiger partial charge on any atom is 0.254 e. The molecule has 0 unspecified atom stereocenters. The van der Waals surface area contributed by atoms with Gasteiger partial charge in [-0.15, -0.1) is 0 Å². The van der Waals surface area contributed by atoms with E-state index in [1.54, 1.807) is 12.1 Å². The van der Waals surface area contributed by atoms with Gasteiger partial charge in [0.2, 0.25) is 0 Å². The zero-order valence-electron chi connectivity index (χ0n) is 10.9. The van der Waals surface area contributed by atoms with E-state index in [-0.39, 0.29) is 5.91 Å². The van der Waals surface area contributed by atoms with Crippen molar-refractivity contribution in [3.8, 4) is 0 Å². The number of carbonyl (C=O) groups excluding carboxylic acids is 1. The Bertz CT molecular complexity index is 521. The molecule has 2 saturated heterocycles. The molecule has 1 spiro atoms. The fourth-order valence-corrected chi connectivity index (χ4v) is 3.77. The van der Waals surface area contributed by atoms with Crippen molar-refractivity contribution in [3.63, 3.8) is 0 Å². The predicted molar refractivity (Wildman–Crippen MR) is 83.9 cm³/mol. The van der Waals surface area contributed by atoms with Crippen molar-refractivity contribution in [2.75, 3.05) is 26.3 Å². The van der Waals surface area contributed by atoms with Crippen LogP contribution in [-0.2, 0) is 9.47 Å². The summed E-state index contributed by atoms with van der Waals surface area (Å²) in [6.07, 6.45) is 1.48. The third-order valence-electron chi connectivity index (χ3n) is 3.79. The zero-order valence-corrected chi connectivity index (χ0v) is 13.8. The Hall–Kier alpha value is -0.370. The number of piperidine rings is 1. The van der Waals surface area contributed by atoms with Crippen LogP contribution in [0.15, 0.2) is 18.2 Å². The summed E-state index contributed by atoms with van der Waals surface area (Å²) in [6.45, 7) is 2.64. The lowest BCUT2D eigenvalue weighted by Crippen LogP contribution is -2.47. The van der Waals surface area contributed by atoms with Crippen LogP contribution in [0.5, 0.6) is 0 Å². The molecule has 2 aliphatic rings. The van der Waals surface area contributed by atoms with Gasteiger partial charge >= 0.3 is 0 Å². The molecule has 3 rings (SSSR count). The average molecular weight is 408 g/mol. The van der Waals surface area contributed by atoms with Gasteiger partial charge in [0.05, 0.1) is 18.8 Å². The second-order valence-corrected chi connectivity index (χ2v) is 6.62. The zero-order chi connectivity index (χ0) is 14.2. The molecule has 1 aromatic carbocycles. The van der Waals surface area contributed by atoms with Crippen molar-refractivity contribution in [2.45, 2.75) is 18.6 Å². The average Bonchev–Trinajstić information content (AvgIpc) is 2.87. The SMILES string of the molecule is O=C(c1ccc(Cl)cc1I)N1CCC2(CC1)OCCO2. The standard InChI is InChI=1S/C14H15ClINO3/c15-10-1-2-11(12(16)9-10)13(18)17-5-3-14(4-6-17)19-7-8-20-14/h1-2,9H,3-8H2. The first kappa shape index (κ1) is 14.6. The van der Waals surface area contributed by atoms with E-state index in [2.05, 4.69) is 22.6 Å². The first-order valence-electron chi connectivity index (χ1n) is 6.62. The van der Waals surface area contributed by atoms with E-state index in [0.717, 1.165) is 16.4 Å². The normalized spacial score (nSPS) is 21.4. The second kappa shape index (κ2) is 5.79. The first-order valence-corrected chi connectivity index (χ1v) is 8.08. The summed E-state index contributed by atoms with van der Waals surface area (Å²) in [7, 11) is 0. The number of hydrogen-bond donors (Lipinski definition) is 0. The largest absolute Gasteiger partial charge is 0.347 e. The van der Waals surface area contributed by atoms with E-state index in [0.29, 0.717) is 36.9 Å². The van der Waals surface area contributed by atoms with Crippen molar-refractivity contribution in [2.24, 2.45) is 0 Å². The van der Waals surface area contributed by atoms with Gasteiger partial charge in [-0.05, 0) is 40.8 Å². The van der Waals surface area contributed by atoms with Crippen LogP contribution >= 0.6 is 34.2 Å². The van der Waals surface area contributed by atoms with Crippen molar-refractivity contribution in [3.05, 3.63) is 32.4 Å². The summed E-state index contributed by atoms with van der Waals surface area (Å²) in [4.78, 5) is 14.4. The number of carbonyl (C=O) groups is 1. The van der Waals surface area contributed by atoms with Gasteiger partial charge < -0.3 is 14.4 Å². The van der Waals surface area contributed by atoms with Crippen LogP contribution in [0.1, 0.15) is 23.2 Å². The quantitative estimate of drug-likeness (QED) is 0.672. The van der Waals surface area contributed by atoms with Crippen molar-refractivity contribution < 1.29 is 14.3 Å². The van der Waals surface area contributed by atoms with Crippen LogP contribution in [0.4, 0.5) is 0 Å². The molecule has 1 amide bonds. The lowest BCUT2D eigenvalue weighted by Gasteiger charge is -2.37.